The van der Waals surface area contributed by atoms with Crippen LogP contribution >= 0.6 is 38.5 Å². The van der Waals surface area contributed by atoms with E-state index < -0.39 is 0 Å². The lowest BCUT2D eigenvalue weighted by molar-refractivity contribution is 0.414. The standard InChI is InChI=1S/C7H7BrINO/c1-11-4-2-5(8)7(9)6(10)3-4/h2-3H,10H2,1H3. The summed E-state index contributed by atoms with van der Waals surface area (Å²) in [6.07, 6.45) is 0. The molecule has 11 heavy (non-hydrogen) atoms. The van der Waals surface area contributed by atoms with Gasteiger partial charge in [0.2, 0.25) is 0 Å². The second-order valence-electron chi connectivity index (χ2n) is 2.01. The molecule has 0 saturated carbocycles. The number of hydrogen-bond acceptors (Lipinski definition) is 2. The maximum absolute atomic E-state index is 5.68. The van der Waals surface area contributed by atoms with Crippen LogP contribution in [0.5, 0.6) is 5.75 Å². The summed E-state index contributed by atoms with van der Waals surface area (Å²) in [6.45, 7) is 0. The zero-order valence-electron chi connectivity index (χ0n) is 5.90. The average Bonchev–Trinajstić information content (AvgIpc) is 1.99. The molecule has 0 amide bonds. The van der Waals surface area contributed by atoms with Gasteiger partial charge in [-0.3, -0.25) is 0 Å². The molecular formula is C7H7BrINO. The zero-order valence-corrected chi connectivity index (χ0v) is 9.64. The van der Waals surface area contributed by atoms with Crippen LogP contribution in [-0.4, -0.2) is 7.11 Å². The van der Waals surface area contributed by atoms with Gasteiger partial charge in [-0.2, -0.15) is 0 Å². The van der Waals surface area contributed by atoms with Crippen LogP contribution in [-0.2, 0) is 0 Å². The fourth-order valence-corrected chi connectivity index (χ4v) is 1.47. The molecule has 0 aliphatic heterocycles. The van der Waals surface area contributed by atoms with Gasteiger partial charge >= 0.3 is 0 Å². The second kappa shape index (κ2) is 3.62. The largest absolute Gasteiger partial charge is 0.497 e. The molecule has 0 radical (unpaired) electrons. The Labute approximate surface area is 87.4 Å². The van der Waals surface area contributed by atoms with Gasteiger partial charge in [0.25, 0.3) is 0 Å². The van der Waals surface area contributed by atoms with Crippen LogP contribution in [0.3, 0.4) is 0 Å². The minimum absolute atomic E-state index is 0.733. The number of benzene rings is 1. The lowest BCUT2D eigenvalue weighted by Gasteiger charge is -2.04. The summed E-state index contributed by atoms with van der Waals surface area (Å²) in [7, 11) is 1.62. The Hall–Kier alpha value is 0.0300. The molecule has 0 spiro atoms. The van der Waals surface area contributed by atoms with Gasteiger partial charge < -0.3 is 10.5 Å². The maximum Gasteiger partial charge on any atom is 0.122 e. The summed E-state index contributed by atoms with van der Waals surface area (Å²) in [5.74, 6) is 0.773. The van der Waals surface area contributed by atoms with Gasteiger partial charge in [0.1, 0.15) is 5.75 Å². The van der Waals surface area contributed by atoms with Gasteiger partial charge in [-0.15, -0.1) is 0 Å². The van der Waals surface area contributed by atoms with Crippen molar-refractivity contribution >= 4 is 44.2 Å². The van der Waals surface area contributed by atoms with Crippen LogP contribution in [0.25, 0.3) is 0 Å². The molecule has 1 rings (SSSR count). The fourth-order valence-electron chi connectivity index (χ4n) is 0.702. The number of rotatable bonds is 1. The molecule has 0 saturated heterocycles. The van der Waals surface area contributed by atoms with Gasteiger partial charge in [-0.1, -0.05) is 0 Å². The van der Waals surface area contributed by atoms with Crippen molar-refractivity contribution in [2.24, 2.45) is 0 Å². The molecule has 0 aliphatic carbocycles. The van der Waals surface area contributed by atoms with E-state index in [4.69, 9.17) is 10.5 Å². The van der Waals surface area contributed by atoms with Gasteiger partial charge in [0, 0.05) is 16.2 Å². The van der Waals surface area contributed by atoms with Crippen molar-refractivity contribution in [3.63, 3.8) is 0 Å². The Morgan fingerprint density at radius 1 is 1.55 bits per heavy atom. The number of nitrogens with two attached hydrogens (primary N) is 1. The van der Waals surface area contributed by atoms with Gasteiger partial charge in [-0.25, -0.2) is 0 Å². The van der Waals surface area contributed by atoms with E-state index in [-0.39, 0.29) is 0 Å². The van der Waals surface area contributed by atoms with E-state index in [0.29, 0.717) is 0 Å². The molecule has 0 atom stereocenters. The van der Waals surface area contributed by atoms with E-state index in [1.807, 2.05) is 6.07 Å². The lowest BCUT2D eigenvalue weighted by Crippen LogP contribution is -1.92. The van der Waals surface area contributed by atoms with Crippen LogP contribution in [0, 0.1) is 3.57 Å². The molecular weight excluding hydrogens is 321 g/mol. The smallest absolute Gasteiger partial charge is 0.122 e. The van der Waals surface area contributed by atoms with Crippen molar-refractivity contribution in [3.8, 4) is 5.75 Å². The first-order chi connectivity index (χ1) is 5.15. The van der Waals surface area contributed by atoms with Crippen LogP contribution in [0.2, 0.25) is 0 Å². The van der Waals surface area contributed by atoms with Crippen LogP contribution in [0.1, 0.15) is 0 Å². The molecule has 0 fully saturated rings. The highest BCUT2D eigenvalue weighted by atomic mass is 127. The quantitative estimate of drug-likeness (QED) is 0.635. The Bertz CT molecular complexity index is 254. The highest BCUT2D eigenvalue weighted by Gasteiger charge is 2.02. The van der Waals surface area contributed by atoms with Gasteiger partial charge in [0.15, 0.2) is 0 Å². The molecule has 0 unspecified atom stereocenters. The summed E-state index contributed by atoms with van der Waals surface area (Å²) in [5, 5.41) is 0. The molecule has 0 bridgehead atoms. The van der Waals surface area contributed by atoms with Crippen LogP contribution in [0.4, 0.5) is 5.69 Å². The average molecular weight is 328 g/mol. The maximum atomic E-state index is 5.68. The molecule has 2 nitrogen and oxygen atoms in total. The molecule has 1 aromatic rings. The predicted molar refractivity (Wildman–Crippen MR) is 57.8 cm³/mol. The topological polar surface area (TPSA) is 35.2 Å². The highest BCUT2D eigenvalue weighted by Crippen LogP contribution is 2.29. The van der Waals surface area contributed by atoms with E-state index in [9.17, 15) is 0 Å². The molecule has 2 N–H and O–H groups in total. The van der Waals surface area contributed by atoms with E-state index in [1.54, 1.807) is 13.2 Å². The third-order valence-electron chi connectivity index (χ3n) is 1.27. The normalized spacial score (nSPS) is 9.73. The first-order valence-electron chi connectivity index (χ1n) is 2.93. The third-order valence-corrected chi connectivity index (χ3v) is 3.84. The number of hydrogen-bond donors (Lipinski definition) is 1. The van der Waals surface area contributed by atoms with Crippen LogP contribution < -0.4 is 10.5 Å². The minimum atomic E-state index is 0.733. The van der Waals surface area contributed by atoms with Crippen LogP contribution in [0.15, 0.2) is 16.6 Å². The number of halogens is 2. The van der Waals surface area contributed by atoms with Gasteiger partial charge in [0.05, 0.1) is 10.7 Å². The van der Waals surface area contributed by atoms with Crippen molar-refractivity contribution < 1.29 is 4.74 Å². The van der Waals surface area contributed by atoms with Crippen molar-refractivity contribution in [3.05, 3.63) is 20.2 Å². The van der Waals surface area contributed by atoms with Gasteiger partial charge in [-0.05, 0) is 44.6 Å². The highest BCUT2D eigenvalue weighted by molar-refractivity contribution is 14.1. The summed E-state index contributed by atoms with van der Waals surface area (Å²) in [6, 6.07) is 3.69. The number of ether oxygens (including phenoxy) is 1. The summed E-state index contributed by atoms with van der Waals surface area (Å²) >= 11 is 5.54. The van der Waals surface area contributed by atoms with E-state index >= 15 is 0 Å². The van der Waals surface area contributed by atoms with Crippen molar-refractivity contribution in [2.75, 3.05) is 12.8 Å². The second-order valence-corrected chi connectivity index (χ2v) is 3.95. The minimum Gasteiger partial charge on any atom is -0.497 e. The van der Waals surface area contributed by atoms with Crippen molar-refractivity contribution in [2.45, 2.75) is 0 Å². The first-order valence-corrected chi connectivity index (χ1v) is 4.81. The Morgan fingerprint density at radius 2 is 2.18 bits per heavy atom. The summed E-state index contributed by atoms with van der Waals surface area (Å²) in [5.41, 5.74) is 6.41. The molecule has 4 heteroatoms. The summed E-state index contributed by atoms with van der Waals surface area (Å²) < 4.78 is 7.00. The number of methoxy groups -OCH3 is 1. The third kappa shape index (κ3) is 1.99. The fraction of sp³-hybridized carbons (Fsp3) is 0.143. The SMILES string of the molecule is COc1cc(N)c(I)c(Br)c1. The van der Waals surface area contributed by atoms with E-state index in [1.165, 1.54) is 0 Å². The van der Waals surface area contributed by atoms with Crippen molar-refractivity contribution in [1.29, 1.82) is 0 Å². The van der Waals surface area contributed by atoms with Crippen molar-refractivity contribution in [1.82, 2.24) is 0 Å². The lowest BCUT2D eigenvalue weighted by atomic mass is 10.3. The molecule has 60 valence electrons. The Kier molecular flexibility index (Phi) is 3.00. The predicted octanol–water partition coefficient (Wildman–Crippen LogP) is 2.64. The first kappa shape index (κ1) is 9.12. The molecule has 0 heterocycles. The number of anilines is 1. The Morgan fingerprint density at radius 3 is 2.64 bits per heavy atom. The molecule has 1 aromatic carbocycles. The van der Waals surface area contributed by atoms with E-state index in [2.05, 4.69) is 38.5 Å². The van der Waals surface area contributed by atoms with E-state index in [0.717, 1.165) is 19.5 Å². The summed E-state index contributed by atoms with van der Waals surface area (Å²) in [4.78, 5) is 0. The number of nitrogen functional groups attached to an aromatic ring is 1. The monoisotopic (exact) mass is 327 g/mol. The zero-order chi connectivity index (χ0) is 8.43. The molecule has 0 aliphatic rings. The molecule has 0 aromatic heterocycles. The Balaban J connectivity index is 3.21.